The molecule has 1 aliphatic heterocycles. The van der Waals surface area contributed by atoms with Crippen LogP contribution in [0.5, 0.6) is 0 Å². The maximum atomic E-state index is 12.4. The Bertz CT molecular complexity index is 817. The molecule has 7 heteroatoms. The molecule has 0 bridgehead atoms. The van der Waals surface area contributed by atoms with E-state index in [0.717, 1.165) is 37.7 Å². The van der Waals surface area contributed by atoms with E-state index in [1.54, 1.807) is 31.3 Å². The Hall–Kier alpha value is -2.41. The molecule has 0 spiro atoms. The normalized spacial score (nSPS) is 15.2. The Morgan fingerprint density at radius 3 is 2.36 bits per heavy atom. The third-order valence-corrected chi connectivity index (χ3v) is 5.04. The van der Waals surface area contributed by atoms with Gasteiger partial charge in [0.2, 0.25) is 5.91 Å². The summed E-state index contributed by atoms with van der Waals surface area (Å²) in [5, 5.41) is 6.21. The molecule has 0 aliphatic carbocycles. The summed E-state index contributed by atoms with van der Waals surface area (Å²) in [7, 11) is 1.58. The van der Waals surface area contributed by atoms with Gasteiger partial charge in [-0.05, 0) is 35.9 Å². The lowest BCUT2D eigenvalue weighted by molar-refractivity contribution is -0.117. The molecule has 6 nitrogen and oxygen atoms in total. The zero-order valence-electron chi connectivity index (χ0n) is 16.0. The number of carbonyl (C=O) groups is 2. The van der Waals surface area contributed by atoms with E-state index in [-0.39, 0.29) is 11.8 Å². The summed E-state index contributed by atoms with van der Waals surface area (Å²) in [6.45, 7) is 4.77. The van der Waals surface area contributed by atoms with Crippen LogP contribution in [0.1, 0.15) is 15.9 Å². The Labute approximate surface area is 170 Å². The molecule has 0 radical (unpaired) electrons. The van der Waals surface area contributed by atoms with Crippen molar-refractivity contribution in [3.05, 3.63) is 64.7 Å². The van der Waals surface area contributed by atoms with Crippen LogP contribution in [-0.2, 0) is 11.3 Å². The van der Waals surface area contributed by atoms with E-state index in [9.17, 15) is 9.59 Å². The topological polar surface area (TPSA) is 64.7 Å². The lowest BCUT2D eigenvalue weighted by Gasteiger charge is -2.34. The minimum atomic E-state index is -0.173. The number of benzene rings is 2. The SMILES string of the molecule is CNC(=O)c1cccc(NC(=O)CN2CCN(Cc3ccc(Cl)cc3)CC2)c1. The summed E-state index contributed by atoms with van der Waals surface area (Å²) < 4.78 is 0. The second kappa shape index (κ2) is 9.68. The highest BCUT2D eigenvalue weighted by Gasteiger charge is 2.19. The van der Waals surface area contributed by atoms with Crippen molar-refractivity contribution < 1.29 is 9.59 Å². The monoisotopic (exact) mass is 400 g/mol. The van der Waals surface area contributed by atoms with Gasteiger partial charge in [-0.2, -0.15) is 0 Å². The summed E-state index contributed by atoms with van der Waals surface area (Å²) >= 11 is 5.93. The van der Waals surface area contributed by atoms with Crippen LogP contribution in [0.25, 0.3) is 0 Å². The van der Waals surface area contributed by atoms with Gasteiger partial charge < -0.3 is 10.6 Å². The smallest absolute Gasteiger partial charge is 0.251 e. The standard InChI is InChI=1S/C21H25ClN4O2/c1-23-21(28)17-3-2-4-19(13-17)24-20(27)15-26-11-9-25(10-12-26)14-16-5-7-18(22)8-6-16/h2-8,13H,9-12,14-15H2,1H3,(H,23,28)(H,24,27). The molecule has 0 atom stereocenters. The number of piperazine rings is 1. The number of hydrogen-bond donors (Lipinski definition) is 2. The number of hydrogen-bond acceptors (Lipinski definition) is 4. The van der Waals surface area contributed by atoms with Gasteiger partial charge in [-0.15, -0.1) is 0 Å². The van der Waals surface area contributed by atoms with Crippen molar-refractivity contribution in [1.82, 2.24) is 15.1 Å². The summed E-state index contributed by atoms with van der Waals surface area (Å²) in [6.07, 6.45) is 0. The molecule has 2 aromatic carbocycles. The van der Waals surface area contributed by atoms with E-state index in [4.69, 9.17) is 11.6 Å². The molecule has 28 heavy (non-hydrogen) atoms. The molecule has 2 N–H and O–H groups in total. The summed E-state index contributed by atoms with van der Waals surface area (Å²) in [6, 6.07) is 14.9. The van der Waals surface area contributed by atoms with Crippen LogP contribution in [0.3, 0.4) is 0 Å². The second-order valence-corrected chi connectivity index (χ2v) is 7.32. The molecule has 2 amide bonds. The first-order valence-electron chi connectivity index (χ1n) is 9.34. The van der Waals surface area contributed by atoms with Crippen LogP contribution in [0.15, 0.2) is 48.5 Å². The maximum absolute atomic E-state index is 12.4. The molecule has 0 saturated carbocycles. The van der Waals surface area contributed by atoms with Crippen LogP contribution >= 0.6 is 11.6 Å². The lowest BCUT2D eigenvalue weighted by atomic mass is 10.2. The minimum Gasteiger partial charge on any atom is -0.355 e. The van der Waals surface area contributed by atoms with Crippen LogP contribution < -0.4 is 10.6 Å². The predicted molar refractivity (Wildman–Crippen MR) is 112 cm³/mol. The zero-order valence-corrected chi connectivity index (χ0v) is 16.7. The second-order valence-electron chi connectivity index (χ2n) is 6.89. The molecule has 1 heterocycles. The number of rotatable bonds is 6. The molecule has 3 rings (SSSR count). The van der Waals surface area contributed by atoms with E-state index >= 15 is 0 Å². The molecular weight excluding hydrogens is 376 g/mol. The van der Waals surface area contributed by atoms with Gasteiger partial charge in [-0.3, -0.25) is 19.4 Å². The van der Waals surface area contributed by atoms with E-state index in [1.165, 1.54) is 5.56 Å². The van der Waals surface area contributed by atoms with Gasteiger partial charge >= 0.3 is 0 Å². The number of halogens is 1. The van der Waals surface area contributed by atoms with Crippen LogP contribution in [-0.4, -0.2) is 61.4 Å². The average molecular weight is 401 g/mol. The van der Waals surface area contributed by atoms with E-state index in [0.29, 0.717) is 17.8 Å². The van der Waals surface area contributed by atoms with E-state index in [2.05, 4.69) is 32.6 Å². The summed E-state index contributed by atoms with van der Waals surface area (Å²) in [5.74, 6) is -0.242. The van der Waals surface area contributed by atoms with Gasteiger partial charge in [0.15, 0.2) is 0 Å². The first kappa shape index (κ1) is 20.3. The Kier molecular flexibility index (Phi) is 7.03. The fourth-order valence-corrected chi connectivity index (χ4v) is 3.37. The molecule has 1 aliphatic rings. The summed E-state index contributed by atoms with van der Waals surface area (Å²) in [5.41, 5.74) is 2.40. The Morgan fingerprint density at radius 1 is 1.00 bits per heavy atom. The zero-order chi connectivity index (χ0) is 19.9. The van der Waals surface area contributed by atoms with Crippen molar-refractivity contribution in [2.24, 2.45) is 0 Å². The van der Waals surface area contributed by atoms with Crippen molar-refractivity contribution in [3.8, 4) is 0 Å². The summed E-state index contributed by atoms with van der Waals surface area (Å²) in [4.78, 5) is 28.6. The maximum Gasteiger partial charge on any atom is 0.251 e. The van der Waals surface area contributed by atoms with E-state index in [1.807, 2.05) is 12.1 Å². The highest BCUT2D eigenvalue weighted by atomic mass is 35.5. The quantitative estimate of drug-likeness (QED) is 0.781. The van der Waals surface area contributed by atoms with Gasteiger partial charge in [-0.1, -0.05) is 29.8 Å². The van der Waals surface area contributed by atoms with Crippen molar-refractivity contribution in [1.29, 1.82) is 0 Å². The number of carbonyl (C=O) groups excluding carboxylic acids is 2. The Balaban J connectivity index is 1.45. The minimum absolute atomic E-state index is 0.0693. The Morgan fingerprint density at radius 2 is 1.68 bits per heavy atom. The van der Waals surface area contributed by atoms with Crippen molar-refractivity contribution in [2.75, 3.05) is 45.1 Å². The van der Waals surface area contributed by atoms with Gasteiger partial charge in [0, 0.05) is 56.0 Å². The van der Waals surface area contributed by atoms with Crippen molar-refractivity contribution >= 4 is 29.1 Å². The predicted octanol–water partition coefficient (Wildman–Crippen LogP) is 2.46. The molecule has 0 aromatic heterocycles. The first-order valence-corrected chi connectivity index (χ1v) is 9.72. The third-order valence-electron chi connectivity index (χ3n) is 4.79. The molecule has 1 saturated heterocycles. The average Bonchev–Trinajstić information content (AvgIpc) is 2.70. The van der Waals surface area contributed by atoms with Crippen molar-refractivity contribution in [2.45, 2.75) is 6.54 Å². The number of nitrogens with one attached hydrogen (secondary N) is 2. The van der Waals surface area contributed by atoms with Crippen LogP contribution in [0, 0.1) is 0 Å². The molecular formula is C21H25ClN4O2. The van der Waals surface area contributed by atoms with Gasteiger partial charge in [0.1, 0.15) is 0 Å². The van der Waals surface area contributed by atoms with Gasteiger partial charge in [0.25, 0.3) is 5.91 Å². The first-order chi connectivity index (χ1) is 13.5. The lowest BCUT2D eigenvalue weighted by Crippen LogP contribution is -2.48. The largest absolute Gasteiger partial charge is 0.355 e. The number of nitrogens with zero attached hydrogens (tertiary/aromatic N) is 2. The molecule has 0 unspecified atom stereocenters. The van der Waals surface area contributed by atoms with Crippen LogP contribution in [0.4, 0.5) is 5.69 Å². The van der Waals surface area contributed by atoms with Crippen molar-refractivity contribution in [3.63, 3.8) is 0 Å². The number of anilines is 1. The van der Waals surface area contributed by atoms with E-state index < -0.39 is 0 Å². The van der Waals surface area contributed by atoms with Crippen LogP contribution in [0.2, 0.25) is 5.02 Å². The van der Waals surface area contributed by atoms with Gasteiger partial charge in [0.05, 0.1) is 6.54 Å². The third kappa shape index (κ3) is 5.79. The fraction of sp³-hybridized carbons (Fsp3) is 0.333. The van der Waals surface area contributed by atoms with Gasteiger partial charge in [-0.25, -0.2) is 0 Å². The molecule has 148 valence electrons. The molecule has 1 fully saturated rings. The molecule has 2 aromatic rings. The fourth-order valence-electron chi connectivity index (χ4n) is 3.24. The highest BCUT2D eigenvalue weighted by Crippen LogP contribution is 2.14. The number of amides is 2. The highest BCUT2D eigenvalue weighted by molar-refractivity contribution is 6.30.